The first kappa shape index (κ1) is 31.3. The number of hydrogen-bond donors (Lipinski definition) is 1. The van der Waals surface area contributed by atoms with Crippen LogP contribution < -0.4 is 9.47 Å². The van der Waals surface area contributed by atoms with Crippen molar-refractivity contribution in [3.05, 3.63) is 65.7 Å². The van der Waals surface area contributed by atoms with Gasteiger partial charge in [0.15, 0.2) is 17.3 Å². The number of benzene rings is 2. The Balaban J connectivity index is 1.28. The fourth-order valence-corrected chi connectivity index (χ4v) is 8.87. The molecule has 1 N–H and O–H groups in total. The molecule has 2 bridgehead atoms. The maximum absolute atomic E-state index is 14.0. The van der Waals surface area contributed by atoms with Gasteiger partial charge in [0.1, 0.15) is 11.9 Å². The van der Waals surface area contributed by atoms with E-state index in [1.165, 1.54) is 13.0 Å². The van der Waals surface area contributed by atoms with Crippen molar-refractivity contribution in [3.63, 3.8) is 0 Å². The highest BCUT2D eigenvalue weighted by molar-refractivity contribution is 5.96. The van der Waals surface area contributed by atoms with Crippen LogP contribution in [0, 0.1) is 5.92 Å². The Kier molecular flexibility index (Phi) is 9.05. The van der Waals surface area contributed by atoms with Gasteiger partial charge < -0.3 is 19.5 Å². The summed E-state index contributed by atoms with van der Waals surface area (Å²) < 4.78 is 12.5. The summed E-state index contributed by atoms with van der Waals surface area (Å²) in [5, 5.41) is 11.3. The lowest BCUT2D eigenvalue weighted by molar-refractivity contribution is -0.142. The SMILES string of the molecule is C=CCN1CC[C@]23c4c5c(O)cc(OC(C)=O)c4O[C@H]2[C@H](N(CCCC)C(=O)CCCCC(=O)c2ccccc2)CC[C@H]3[C@H]1C5. The van der Waals surface area contributed by atoms with Gasteiger partial charge in [-0.05, 0) is 57.4 Å². The number of phenols is 1. The molecule has 2 heterocycles. The minimum Gasteiger partial charge on any atom is -0.508 e. The number of carbonyl (C=O) groups excluding carboxylic acids is 3. The van der Waals surface area contributed by atoms with Gasteiger partial charge in [-0.3, -0.25) is 19.3 Å². The number of Topliss-reactive ketones (excluding diaryl/α,β-unsaturated/α-hetero) is 1. The first-order valence-electron chi connectivity index (χ1n) is 16.8. The van der Waals surface area contributed by atoms with Crippen LogP contribution in [0.25, 0.3) is 0 Å². The van der Waals surface area contributed by atoms with E-state index in [9.17, 15) is 19.5 Å². The molecule has 8 heteroatoms. The van der Waals surface area contributed by atoms with E-state index in [-0.39, 0.29) is 46.8 Å². The average Bonchev–Trinajstić information content (AvgIpc) is 3.37. The topological polar surface area (TPSA) is 96.4 Å². The van der Waals surface area contributed by atoms with Crippen LogP contribution >= 0.6 is 0 Å². The fourth-order valence-electron chi connectivity index (χ4n) is 8.87. The number of piperidine rings is 1. The Morgan fingerprint density at radius 1 is 1.16 bits per heavy atom. The van der Waals surface area contributed by atoms with Crippen LogP contribution in [0.15, 0.2) is 49.1 Å². The van der Waals surface area contributed by atoms with Crippen molar-refractivity contribution in [1.82, 2.24) is 9.80 Å². The molecule has 1 amide bonds. The number of nitrogens with zero attached hydrogens (tertiary/aromatic N) is 2. The van der Waals surface area contributed by atoms with Crippen LogP contribution in [-0.4, -0.2) is 70.4 Å². The van der Waals surface area contributed by atoms with Crippen molar-refractivity contribution in [1.29, 1.82) is 0 Å². The number of carbonyl (C=O) groups is 3. The third kappa shape index (κ3) is 5.56. The average molecular weight is 615 g/mol. The zero-order chi connectivity index (χ0) is 31.7. The predicted molar refractivity (Wildman–Crippen MR) is 172 cm³/mol. The van der Waals surface area contributed by atoms with Gasteiger partial charge in [-0.25, -0.2) is 0 Å². The summed E-state index contributed by atoms with van der Waals surface area (Å²) >= 11 is 0. The van der Waals surface area contributed by atoms with E-state index in [0.29, 0.717) is 55.9 Å². The second-order valence-electron chi connectivity index (χ2n) is 13.2. The highest BCUT2D eigenvalue weighted by Gasteiger charge is 2.67. The number of ether oxygens (including phenoxy) is 2. The van der Waals surface area contributed by atoms with E-state index in [4.69, 9.17) is 9.47 Å². The number of phenolic OH excluding ortho intramolecular Hbond substituents is 1. The highest BCUT2D eigenvalue weighted by Crippen LogP contribution is 2.65. The molecule has 1 spiro atoms. The molecule has 8 nitrogen and oxygen atoms in total. The summed E-state index contributed by atoms with van der Waals surface area (Å²) in [4.78, 5) is 43.3. The first-order chi connectivity index (χ1) is 21.8. The standard InChI is InChI=1S/C37H46N2O6/c1-4-6-20-39(33(43)15-11-10-14-30(41)25-12-8-7-9-13-25)28-17-16-27-29-22-26-31(42)23-32(44-24(3)40)35-34(26)37(27,36(28)45-35)18-21-38(29)19-5-2/h5,7-9,12-13,23,27-29,36,42H,2,4,6,10-11,14-22H2,1,3H3/t27-,28+,29+,36-,37-/m0/s1. The number of ketones is 1. The number of aromatic hydroxyl groups is 1. The van der Waals surface area contributed by atoms with Crippen molar-refractivity contribution in [2.24, 2.45) is 5.92 Å². The Morgan fingerprint density at radius 2 is 1.93 bits per heavy atom. The molecule has 1 saturated heterocycles. The Morgan fingerprint density at radius 3 is 2.67 bits per heavy atom. The molecule has 0 aromatic heterocycles. The highest BCUT2D eigenvalue weighted by atomic mass is 16.6. The smallest absolute Gasteiger partial charge is 0.308 e. The number of esters is 1. The van der Waals surface area contributed by atoms with Crippen molar-refractivity contribution in [2.75, 3.05) is 19.6 Å². The minimum absolute atomic E-state index is 0.106. The quantitative estimate of drug-likeness (QED) is 0.0975. The van der Waals surface area contributed by atoms with Gasteiger partial charge >= 0.3 is 5.97 Å². The zero-order valence-electron chi connectivity index (χ0n) is 26.6. The molecular weight excluding hydrogens is 568 g/mol. The molecule has 45 heavy (non-hydrogen) atoms. The molecular formula is C37H46N2O6. The third-order valence-corrected chi connectivity index (χ3v) is 10.7. The molecule has 2 aliphatic carbocycles. The van der Waals surface area contributed by atoms with Crippen LogP contribution in [0.3, 0.4) is 0 Å². The van der Waals surface area contributed by atoms with E-state index in [2.05, 4.69) is 23.3 Å². The summed E-state index contributed by atoms with van der Waals surface area (Å²) in [6, 6.07) is 10.9. The third-order valence-electron chi connectivity index (χ3n) is 10.7. The molecule has 1 saturated carbocycles. The summed E-state index contributed by atoms with van der Waals surface area (Å²) in [6.45, 7) is 9.81. The number of amides is 1. The largest absolute Gasteiger partial charge is 0.508 e. The second kappa shape index (κ2) is 13.0. The lowest BCUT2D eigenvalue weighted by Crippen LogP contribution is -2.69. The predicted octanol–water partition coefficient (Wildman–Crippen LogP) is 5.98. The number of likely N-dealkylation sites (tertiary alicyclic amines) is 1. The lowest BCUT2D eigenvalue weighted by atomic mass is 9.50. The molecule has 5 atom stereocenters. The van der Waals surface area contributed by atoms with Crippen LogP contribution in [0.2, 0.25) is 0 Å². The van der Waals surface area contributed by atoms with Crippen LogP contribution in [0.4, 0.5) is 0 Å². The number of hydrogen-bond acceptors (Lipinski definition) is 7. The van der Waals surface area contributed by atoms with E-state index in [0.717, 1.165) is 56.3 Å². The van der Waals surface area contributed by atoms with Gasteiger partial charge in [-0.15, -0.1) is 6.58 Å². The molecule has 0 radical (unpaired) electrons. The summed E-state index contributed by atoms with van der Waals surface area (Å²) in [7, 11) is 0. The molecule has 2 aromatic carbocycles. The maximum Gasteiger partial charge on any atom is 0.308 e. The lowest BCUT2D eigenvalue weighted by Gasteiger charge is -2.60. The summed E-state index contributed by atoms with van der Waals surface area (Å²) in [6.07, 6.45) is 8.97. The maximum atomic E-state index is 14.0. The van der Waals surface area contributed by atoms with E-state index < -0.39 is 5.97 Å². The molecule has 2 fully saturated rings. The van der Waals surface area contributed by atoms with Crippen molar-refractivity contribution < 1.29 is 29.0 Å². The number of rotatable bonds is 13. The van der Waals surface area contributed by atoms with E-state index in [1.807, 2.05) is 36.4 Å². The summed E-state index contributed by atoms with van der Waals surface area (Å²) in [5.74, 6) is 1.02. The summed E-state index contributed by atoms with van der Waals surface area (Å²) in [5.41, 5.74) is 2.21. The minimum atomic E-state index is -0.463. The van der Waals surface area contributed by atoms with E-state index >= 15 is 0 Å². The van der Waals surface area contributed by atoms with Gasteiger partial charge in [0, 0.05) is 67.1 Å². The fraction of sp³-hybridized carbons (Fsp3) is 0.541. The number of unbranched alkanes of at least 4 members (excludes halogenated alkanes) is 2. The van der Waals surface area contributed by atoms with Crippen LogP contribution in [0.5, 0.6) is 17.2 Å². The van der Waals surface area contributed by atoms with Crippen LogP contribution in [-0.2, 0) is 21.4 Å². The molecule has 6 rings (SSSR count). The Labute approximate surface area is 266 Å². The second-order valence-corrected chi connectivity index (χ2v) is 13.2. The normalized spacial score (nSPS) is 26.0. The van der Waals surface area contributed by atoms with Crippen molar-refractivity contribution >= 4 is 17.7 Å². The zero-order valence-corrected chi connectivity index (χ0v) is 26.6. The van der Waals surface area contributed by atoms with Gasteiger partial charge in [0.05, 0.1) is 6.04 Å². The monoisotopic (exact) mass is 614 g/mol. The van der Waals surface area contributed by atoms with Crippen molar-refractivity contribution in [2.45, 2.75) is 102 Å². The molecule has 4 aliphatic rings. The van der Waals surface area contributed by atoms with Gasteiger partial charge in [0.2, 0.25) is 5.91 Å². The Bertz CT molecular complexity index is 1460. The van der Waals surface area contributed by atoms with Gasteiger partial charge in [-0.1, -0.05) is 49.8 Å². The molecule has 2 aromatic rings. The van der Waals surface area contributed by atoms with Crippen LogP contribution in [0.1, 0.15) is 93.1 Å². The molecule has 240 valence electrons. The molecule has 2 aliphatic heterocycles. The first-order valence-corrected chi connectivity index (χ1v) is 16.8. The van der Waals surface area contributed by atoms with E-state index in [1.54, 1.807) is 0 Å². The molecule has 0 unspecified atom stereocenters. The Hall–Kier alpha value is -3.65. The van der Waals surface area contributed by atoms with Crippen molar-refractivity contribution in [3.8, 4) is 17.2 Å². The van der Waals surface area contributed by atoms with Gasteiger partial charge in [0.25, 0.3) is 0 Å². The van der Waals surface area contributed by atoms with Gasteiger partial charge in [-0.2, -0.15) is 0 Å².